The fraction of sp³-hybridized carbons (Fsp3) is 0.200. The third-order valence-corrected chi connectivity index (χ3v) is 3.66. The average Bonchev–Trinajstić information content (AvgIpc) is 2.81. The molecule has 2 heterocycles. The summed E-state index contributed by atoms with van der Waals surface area (Å²) in [7, 11) is 0. The van der Waals surface area contributed by atoms with Crippen LogP contribution in [0.3, 0.4) is 0 Å². The second-order valence-corrected chi connectivity index (χ2v) is 5.05. The normalized spacial score (nSPS) is 13.5. The molecule has 0 spiro atoms. The maximum atomic E-state index is 12.6. The number of hydrogen-bond acceptors (Lipinski definition) is 2. The van der Waals surface area contributed by atoms with Crippen LogP contribution in [0.4, 0.5) is 5.69 Å². The molecule has 0 aliphatic carbocycles. The molecule has 3 nitrogen and oxygen atoms in total. The van der Waals surface area contributed by atoms with Gasteiger partial charge in [-0.25, -0.2) is 0 Å². The maximum Gasteiger partial charge on any atom is 0.260 e. The van der Waals surface area contributed by atoms with Crippen LogP contribution in [0.2, 0.25) is 5.02 Å². The van der Waals surface area contributed by atoms with Crippen molar-refractivity contribution < 1.29 is 4.79 Å². The zero-order valence-corrected chi connectivity index (χ0v) is 11.3. The average molecular weight is 273 g/mol. The lowest BCUT2D eigenvalue weighted by Gasteiger charge is -2.18. The Morgan fingerprint density at radius 1 is 1.37 bits per heavy atom. The quantitative estimate of drug-likeness (QED) is 0.798. The molecule has 0 saturated heterocycles. The van der Waals surface area contributed by atoms with Crippen LogP contribution in [0.15, 0.2) is 36.5 Å². The number of benzene rings is 1. The second-order valence-electron chi connectivity index (χ2n) is 4.62. The van der Waals surface area contributed by atoms with Gasteiger partial charge < -0.3 is 4.90 Å². The van der Waals surface area contributed by atoms with E-state index < -0.39 is 0 Å². The third kappa shape index (κ3) is 2.10. The molecule has 1 aliphatic heterocycles. The van der Waals surface area contributed by atoms with Crippen molar-refractivity contribution in [1.82, 2.24) is 4.98 Å². The predicted molar refractivity (Wildman–Crippen MR) is 75.8 cm³/mol. The van der Waals surface area contributed by atoms with E-state index in [0.717, 1.165) is 17.8 Å². The molecular formula is C15H13ClN2O. The van der Waals surface area contributed by atoms with E-state index in [1.165, 1.54) is 5.56 Å². The molecule has 0 atom stereocenters. The first-order valence-electron chi connectivity index (χ1n) is 6.19. The Labute approximate surface area is 116 Å². The zero-order valence-electron chi connectivity index (χ0n) is 10.6. The van der Waals surface area contributed by atoms with E-state index in [1.54, 1.807) is 17.2 Å². The number of nitrogens with zero attached hydrogens (tertiary/aromatic N) is 2. The molecule has 0 N–H and O–H groups in total. The standard InChI is InChI=1S/C15H13ClN2O/c1-10-13(3-2-7-17-10)15(19)18-8-6-11-4-5-12(16)9-14(11)18/h2-5,7,9H,6,8H2,1H3. The Balaban J connectivity index is 2.00. The van der Waals surface area contributed by atoms with Gasteiger partial charge in [0.25, 0.3) is 5.91 Å². The van der Waals surface area contributed by atoms with E-state index in [-0.39, 0.29) is 5.91 Å². The first-order chi connectivity index (χ1) is 9.16. The minimum Gasteiger partial charge on any atom is -0.308 e. The van der Waals surface area contributed by atoms with Crippen LogP contribution in [-0.4, -0.2) is 17.4 Å². The molecule has 0 radical (unpaired) electrons. The number of aryl methyl sites for hydroxylation is 1. The zero-order chi connectivity index (χ0) is 13.4. The van der Waals surface area contributed by atoms with Gasteiger partial charge in [-0.3, -0.25) is 9.78 Å². The molecule has 19 heavy (non-hydrogen) atoms. The number of amides is 1. The summed E-state index contributed by atoms with van der Waals surface area (Å²) < 4.78 is 0. The molecule has 0 bridgehead atoms. The van der Waals surface area contributed by atoms with Crippen molar-refractivity contribution in [3.63, 3.8) is 0 Å². The highest BCUT2D eigenvalue weighted by Crippen LogP contribution is 2.32. The van der Waals surface area contributed by atoms with E-state index in [4.69, 9.17) is 11.6 Å². The first-order valence-corrected chi connectivity index (χ1v) is 6.56. The van der Waals surface area contributed by atoms with Gasteiger partial charge in [0.1, 0.15) is 0 Å². The van der Waals surface area contributed by atoms with E-state index in [1.807, 2.05) is 31.2 Å². The van der Waals surface area contributed by atoms with Crippen LogP contribution in [0.5, 0.6) is 0 Å². The van der Waals surface area contributed by atoms with E-state index >= 15 is 0 Å². The van der Waals surface area contributed by atoms with Gasteiger partial charge in [-0.2, -0.15) is 0 Å². The molecule has 0 unspecified atom stereocenters. The summed E-state index contributed by atoms with van der Waals surface area (Å²) in [6.45, 7) is 2.55. The predicted octanol–water partition coefficient (Wildman–Crippen LogP) is 3.25. The molecule has 0 saturated carbocycles. The highest BCUT2D eigenvalue weighted by molar-refractivity contribution is 6.31. The molecule has 1 aliphatic rings. The van der Waals surface area contributed by atoms with Crippen LogP contribution >= 0.6 is 11.6 Å². The molecule has 4 heteroatoms. The Morgan fingerprint density at radius 3 is 3.00 bits per heavy atom. The van der Waals surface area contributed by atoms with Crippen molar-refractivity contribution in [3.05, 3.63) is 58.4 Å². The summed E-state index contributed by atoms with van der Waals surface area (Å²) in [5, 5.41) is 0.654. The number of fused-ring (bicyclic) bond motifs is 1. The summed E-state index contributed by atoms with van der Waals surface area (Å²) in [4.78, 5) is 18.5. The lowest BCUT2D eigenvalue weighted by Crippen LogP contribution is -2.29. The molecule has 3 rings (SSSR count). The second kappa shape index (κ2) is 4.67. The third-order valence-electron chi connectivity index (χ3n) is 3.43. The van der Waals surface area contributed by atoms with Crippen LogP contribution in [-0.2, 0) is 6.42 Å². The van der Waals surface area contributed by atoms with Crippen molar-refractivity contribution in [2.75, 3.05) is 11.4 Å². The van der Waals surface area contributed by atoms with Gasteiger partial charge in [0.15, 0.2) is 0 Å². The lowest BCUT2D eigenvalue weighted by molar-refractivity contribution is 0.0988. The van der Waals surface area contributed by atoms with Crippen molar-refractivity contribution in [3.8, 4) is 0 Å². The Kier molecular flexibility index (Phi) is 2.99. The number of rotatable bonds is 1. The Morgan fingerprint density at radius 2 is 2.21 bits per heavy atom. The van der Waals surface area contributed by atoms with Crippen molar-refractivity contribution in [2.45, 2.75) is 13.3 Å². The van der Waals surface area contributed by atoms with Gasteiger partial charge in [0.05, 0.1) is 5.56 Å². The van der Waals surface area contributed by atoms with Crippen molar-refractivity contribution in [1.29, 1.82) is 0 Å². The smallest absolute Gasteiger partial charge is 0.260 e. The summed E-state index contributed by atoms with van der Waals surface area (Å²) in [6, 6.07) is 9.31. The summed E-state index contributed by atoms with van der Waals surface area (Å²) in [5.41, 5.74) is 3.48. The number of carbonyl (C=O) groups is 1. The molecule has 1 aromatic heterocycles. The summed E-state index contributed by atoms with van der Waals surface area (Å²) >= 11 is 6.02. The fourth-order valence-electron chi connectivity index (χ4n) is 2.42. The van der Waals surface area contributed by atoms with Crippen LogP contribution in [0.25, 0.3) is 0 Å². The molecular weight excluding hydrogens is 260 g/mol. The van der Waals surface area contributed by atoms with Crippen molar-refractivity contribution >= 4 is 23.2 Å². The molecule has 0 fully saturated rings. The Hall–Kier alpha value is -1.87. The van der Waals surface area contributed by atoms with E-state index in [0.29, 0.717) is 17.1 Å². The van der Waals surface area contributed by atoms with Crippen LogP contribution < -0.4 is 4.90 Å². The molecule has 1 aromatic carbocycles. The van der Waals surface area contributed by atoms with Gasteiger partial charge in [0, 0.05) is 29.1 Å². The van der Waals surface area contributed by atoms with E-state index in [9.17, 15) is 4.79 Å². The van der Waals surface area contributed by atoms with Crippen LogP contribution in [0, 0.1) is 6.92 Å². The van der Waals surface area contributed by atoms with Crippen molar-refractivity contribution in [2.24, 2.45) is 0 Å². The fourth-order valence-corrected chi connectivity index (χ4v) is 2.59. The monoisotopic (exact) mass is 272 g/mol. The number of hydrogen-bond donors (Lipinski definition) is 0. The highest BCUT2D eigenvalue weighted by Gasteiger charge is 2.26. The topological polar surface area (TPSA) is 33.2 Å². The van der Waals surface area contributed by atoms with Crippen LogP contribution in [0.1, 0.15) is 21.6 Å². The number of carbonyl (C=O) groups excluding carboxylic acids is 1. The van der Waals surface area contributed by atoms with Gasteiger partial charge in [0.2, 0.25) is 0 Å². The Bertz CT molecular complexity index is 654. The molecule has 96 valence electrons. The van der Waals surface area contributed by atoms with Gasteiger partial charge in [-0.1, -0.05) is 17.7 Å². The highest BCUT2D eigenvalue weighted by atomic mass is 35.5. The summed E-state index contributed by atoms with van der Waals surface area (Å²) in [6.07, 6.45) is 2.57. The minimum absolute atomic E-state index is 0.00776. The largest absolute Gasteiger partial charge is 0.308 e. The minimum atomic E-state index is -0.00776. The van der Waals surface area contributed by atoms with Gasteiger partial charge >= 0.3 is 0 Å². The number of halogens is 1. The first kappa shape index (κ1) is 12.2. The maximum absolute atomic E-state index is 12.6. The number of aromatic nitrogens is 1. The SMILES string of the molecule is Cc1ncccc1C(=O)N1CCc2ccc(Cl)cc21. The lowest BCUT2D eigenvalue weighted by atomic mass is 10.1. The van der Waals surface area contributed by atoms with E-state index in [2.05, 4.69) is 4.98 Å². The van der Waals surface area contributed by atoms with Gasteiger partial charge in [-0.15, -0.1) is 0 Å². The number of anilines is 1. The molecule has 1 amide bonds. The van der Waals surface area contributed by atoms with Gasteiger partial charge in [-0.05, 0) is 43.2 Å². The summed E-state index contributed by atoms with van der Waals surface area (Å²) in [5.74, 6) is -0.00776. The molecule has 2 aromatic rings. The number of pyridine rings is 1.